The first-order valence-electron chi connectivity index (χ1n) is 8.17. The highest BCUT2D eigenvalue weighted by molar-refractivity contribution is 6.27. The molecule has 1 saturated heterocycles. The average molecular weight is 335 g/mol. The first-order valence-corrected chi connectivity index (χ1v) is 8.55. The second kappa shape index (κ2) is 6.08. The molecule has 23 heavy (non-hydrogen) atoms. The SMILES string of the molecule is C=C(O)C1=C(N2CCCC2)C=C(NC(=O)C2CC2)C(C)(Cl)C=C1. The van der Waals surface area contributed by atoms with Crippen LogP contribution in [0.2, 0.25) is 0 Å². The predicted molar refractivity (Wildman–Crippen MR) is 91.9 cm³/mol. The topological polar surface area (TPSA) is 52.6 Å². The fourth-order valence-electron chi connectivity index (χ4n) is 2.97. The summed E-state index contributed by atoms with van der Waals surface area (Å²) in [4.78, 5) is 13.6. The highest BCUT2D eigenvalue weighted by Gasteiger charge is 2.34. The van der Waals surface area contributed by atoms with E-state index in [4.69, 9.17) is 11.6 Å². The lowest BCUT2D eigenvalue weighted by Crippen LogP contribution is -2.34. The lowest BCUT2D eigenvalue weighted by molar-refractivity contribution is -0.121. The van der Waals surface area contributed by atoms with Gasteiger partial charge in [-0.15, -0.1) is 11.6 Å². The van der Waals surface area contributed by atoms with E-state index in [1.807, 2.05) is 13.0 Å². The van der Waals surface area contributed by atoms with Crippen molar-refractivity contribution in [2.75, 3.05) is 13.1 Å². The predicted octanol–water partition coefficient (Wildman–Crippen LogP) is 3.39. The molecule has 1 saturated carbocycles. The Morgan fingerprint density at radius 2 is 2.09 bits per heavy atom. The van der Waals surface area contributed by atoms with Gasteiger partial charge >= 0.3 is 0 Å². The minimum atomic E-state index is -0.827. The molecule has 1 unspecified atom stereocenters. The van der Waals surface area contributed by atoms with Crippen LogP contribution in [0.4, 0.5) is 0 Å². The number of alkyl halides is 1. The maximum Gasteiger partial charge on any atom is 0.227 e. The Kier molecular flexibility index (Phi) is 4.28. The molecular formula is C18H23ClN2O2. The molecule has 3 aliphatic rings. The van der Waals surface area contributed by atoms with Crippen molar-refractivity contribution >= 4 is 17.5 Å². The minimum absolute atomic E-state index is 0.0154. The second-order valence-corrected chi connectivity index (χ2v) is 7.46. The fraction of sp³-hybridized carbons (Fsp3) is 0.500. The quantitative estimate of drug-likeness (QED) is 0.612. The Hall–Kier alpha value is -1.68. The van der Waals surface area contributed by atoms with E-state index < -0.39 is 4.87 Å². The van der Waals surface area contributed by atoms with Crippen LogP contribution in [-0.2, 0) is 4.79 Å². The van der Waals surface area contributed by atoms with Crippen LogP contribution >= 0.6 is 11.6 Å². The Morgan fingerprint density at radius 1 is 1.43 bits per heavy atom. The Balaban J connectivity index is 1.99. The van der Waals surface area contributed by atoms with Gasteiger partial charge in [0.2, 0.25) is 5.91 Å². The first-order chi connectivity index (χ1) is 10.9. The summed E-state index contributed by atoms with van der Waals surface area (Å²) in [5.74, 6) is 0.160. The molecule has 1 amide bonds. The largest absolute Gasteiger partial charge is 0.508 e. The van der Waals surface area contributed by atoms with Crippen molar-refractivity contribution in [1.29, 1.82) is 0 Å². The Labute approximate surface area is 142 Å². The molecule has 5 heteroatoms. The van der Waals surface area contributed by atoms with Gasteiger partial charge in [0.15, 0.2) is 0 Å². The Morgan fingerprint density at radius 3 is 2.65 bits per heavy atom. The molecule has 2 aliphatic carbocycles. The van der Waals surface area contributed by atoms with Gasteiger partial charge in [-0.25, -0.2) is 0 Å². The highest BCUT2D eigenvalue weighted by atomic mass is 35.5. The van der Waals surface area contributed by atoms with E-state index in [0.29, 0.717) is 11.3 Å². The van der Waals surface area contributed by atoms with Gasteiger partial charge in [-0.3, -0.25) is 4.79 Å². The average Bonchev–Trinajstić information content (AvgIpc) is 3.21. The van der Waals surface area contributed by atoms with Crippen molar-refractivity contribution in [2.45, 2.75) is 37.5 Å². The smallest absolute Gasteiger partial charge is 0.227 e. The molecule has 0 bridgehead atoms. The summed E-state index contributed by atoms with van der Waals surface area (Å²) in [6.07, 6.45) is 9.63. The summed E-state index contributed by atoms with van der Waals surface area (Å²) >= 11 is 6.63. The summed E-state index contributed by atoms with van der Waals surface area (Å²) in [6.45, 7) is 7.38. The van der Waals surface area contributed by atoms with Crippen LogP contribution in [0.5, 0.6) is 0 Å². The first kappa shape index (κ1) is 16.2. The van der Waals surface area contributed by atoms with Gasteiger partial charge in [0.05, 0.1) is 4.87 Å². The minimum Gasteiger partial charge on any atom is -0.508 e. The number of aliphatic hydroxyl groups excluding tert-OH is 1. The van der Waals surface area contributed by atoms with E-state index in [1.54, 1.807) is 12.2 Å². The van der Waals surface area contributed by atoms with Crippen LogP contribution in [0.3, 0.4) is 0 Å². The van der Waals surface area contributed by atoms with E-state index in [2.05, 4.69) is 16.8 Å². The summed E-state index contributed by atoms with van der Waals surface area (Å²) in [5, 5.41) is 13.0. The molecule has 124 valence electrons. The van der Waals surface area contributed by atoms with Crippen molar-refractivity contribution in [2.24, 2.45) is 5.92 Å². The van der Waals surface area contributed by atoms with Crippen molar-refractivity contribution in [3.8, 4) is 0 Å². The number of carbonyl (C=O) groups excluding carboxylic acids is 1. The van der Waals surface area contributed by atoms with Crippen molar-refractivity contribution < 1.29 is 9.90 Å². The molecule has 0 spiro atoms. The third-order valence-corrected chi connectivity index (χ3v) is 4.94. The number of nitrogens with one attached hydrogen (secondary N) is 1. The molecule has 0 aromatic rings. The van der Waals surface area contributed by atoms with Crippen molar-refractivity contribution in [3.05, 3.63) is 47.5 Å². The molecule has 2 N–H and O–H groups in total. The molecule has 4 nitrogen and oxygen atoms in total. The zero-order valence-corrected chi connectivity index (χ0v) is 14.2. The van der Waals surface area contributed by atoms with Crippen LogP contribution in [0, 0.1) is 5.92 Å². The zero-order valence-electron chi connectivity index (χ0n) is 13.4. The summed E-state index contributed by atoms with van der Waals surface area (Å²) in [5.41, 5.74) is 2.20. The number of hydrogen-bond donors (Lipinski definition) is 2. The molecule has 1 heterocycles. The lowest BCUT2D eigenvalue weighted by atomic mass is 10.1. The summed E-state index contributed by atoms with van der Waals surface area (Å²) < 4.78 is 0. The highest BCUT2D eigenvalue weighted by Crippen LogP contribution is 2.35. The van der Waals surface area contributed by atoms with Gasteiger partial charge in [0.25, 0.3) is 0 Å². The number of aliphatic hydroxyl groups is 1. The number of hydrogen-bond acceptors (Lipinski definition) is 3. The van der Waals surface area contributed by atoms with Gasteiger partial charge in [0.1, 0.15) is 5.76 Å². The normalized spacial score (nSPS) is 27.7. The molecule has 1 aliphatic heterocycles. The van der Waals surface area contributed by atoms with Crippen LogP contribution < -0.4 is 5.32 Å². The van der Waals surface area contributed by atoms with Gasteiger partial charge in [-0.2, -0.15) is 0 Å². The van der Waals surface area contributed by atoms with Crippen LogP contribution in [-0.4, -0.2) is 33.9 Å². The molecule has 0 aromatic carbocycles. The van der Waals surface area contributed by atoms with Crippen LogP contribution in [0.15, 0.2) is 47.5 Å². The number of allylic oxidation sites excluding steroid dienone is 3. The monoisotopic (exact) mass is 334 g/mol. The molecule has 2 fully saturated rings. The van der Waals surface area contributed by atoms with Gasteiger partial charge in [0, 0.05) is 36.0 Å². The zero-order chi connectivity index (χ0) is 16.6. The maximum absolute atomic E-state index is 12.2. The van der Waals surface area contributed by atoms with Gasteiger partial charge in [-0.1, -0.05) is 18.7 Å². The molecule has 1 atom stereocenters. The summed E-state index contributed by atoms with van der Waals surface area (Å²) in [6, 6.07) is 0. The van der Waals surface area contributed by atoms with Crippen LogP contribution in [0.25, 0.3) is 0 Å². The van der Waals surface area contributed by atoms with Crippen molar-refractivity contribution in [3.63, 3.8) is 0 Å². The number of rotatable bonds is 4. The lowest BCUT2D eigenvalue weighted by Gasteiger charge is -2.25. The van der Waals surface area contributed by atoms with E-state index in [-0.39, 0.29) is 17.6 Å². The standard InChI is InChI=1S/C18H23ClN2O2/c1-12(22)14-7-8-18(2,19)16(20-17(23)13-5-6-13)11-15(14)21-9-3-4-10-21/h7-8,11,13,22H,1,3-6,9-10H2,2H3,(H,20,23). The fourth-order valence-corrected chi connectivity index (χ4v) is 3.14. The third-order valence-electron chi connectivity index (χ3n) is 4.61. The molecule has 0 aromatic heterocycles. The third kappa shape index (κ3) is 3.47. The van der Waals surface area contributed by atoms with E-state index >= 15 is 0 Å². The Bertz CT molecular complexity index is 621. The number of nitrogens with zero attached hydrogens (tertiary/aromatic N) is 1. The van der Waals surface area contributed by atoms with E-state index in [1.165, 1.54) is 0 Å². The number of likely N-dealkylation sites (tertiary alicyclic amines) is 1. The molecule has 3 rings (SSSR count). The van der Waals surface area contributed by atoms with Gasteiger partial charge < -0.3 is 15.3 Å². The maximum atomic E-state index is 12.2. The van der Waals surface area contributed by atoms with Crippen LogP contribution in [0.1, 0.15) is 32.6 Å². The molecular weight excluding hydrogens is 312 g/mol. The second-order valence-electron chi connectivity index (χ2n) is 6.67. The number of carbonyl (C=O) groups is 1. The van der Waals surface area contributed by atoms with Gasteiger partial charge in [-0.05, 0) is 38.7 Å². The van der Waals surface area contributed by atoms with E-state index in [0.717, 1.165) is 44.5 Å². The number of halogens is 1. The number of amides is 1. The summed E-state index contributed by atoms with van der Waals surface area (Å²) in [7, 11) is 0. The van der Waals surface area contributed by atoms with Crippen molar-refractivity contribution in [1.82, 2.24) is 10.2 Å². The molecule has 0 radical (unpaired) electrons. The van der Waals surface area contributed by atoms with E-state index in [9.17, 15) is 9.90 Å².